The summed E-state index contributed by atoms with van der Waals surface area (Å²) in [5.41, 5.74) is 4.96. The Morgan fingerprint density at radius 3 is 2.64 bits per heavy atom. The second-order valence-electron chi connectivity index (χ2n) is 9.87. The van der Waals surface area contributed by atoms with Crippen molar-refractivity contribution < 1.29 is 19.1 Å². The van der Waals surface area contributed by atoms with Crippen molar-refractivity contribution in [2.75, 3.05) is 24.4 Å². The lowest BCUT2D eigenvalue weighted by molar-refractivity contribution is -0.119. The fourth-order valence-electron chi connectivity index (χ4n) is 5.24. The molecule has 3 aromatic rings. The largest absolute Gasteiger partial charge is 0.464 e. The zero-order valence-corrected chi connectivity index (χ0v) is 21.2. The number of pyridine rings is 1. The molecule has 1 aliphatic carbocycles. The summed E-state index contributed by atoms with van der Waals surface area (Å²) in [5.74, 6) is -0.840. The van der Waals surface area contributed by atoms with Crippen molar-refractivity contribution in [2.45, 2.75) is 64.6 Å². The number of fused-ring (bicyclic) bond motifs is 2. The molecule has 1 fully saturated rings. The highest BCUT2D eigenvalue weighted by molar-refractivity contribution is 6.11. The van der Waals surface area contributed by atoms with Crippen LogP contribution in [0.1, 0.15) is 54.7 Å². The lowest BCUT2D eigenvalue weighted by Gasteiger charge is -2.15. The van der Waals surface area contributed by atoms with E-state index in [0.29, 0.717) is 42.0 Å². The predicted octanol–water partition coefficient (Wildman–Crippen LogP) is 4.57. The molecule has 2 aliphatic rings. The SMILES string of the molecule is CC[C@@H](C)C(=O)Nc1c(C(=O)OC)n(C[C@H]2CCCO2)c2ncc(NC3Cc4ccccc4C3)cc12. The monoisotopic (exact) mass is 490 g/mol. The zero-order valence-electron chi connectivity index (χ0n) is 21.2. The lowest BCUT2D eigenvalue weighted by Crippen LogP contribution is -2.23. The first-order valence-corrected chi connectivity index (χ1v) is 12.8. The normalized spacial score (nSPS) is 18.2. The molecule has 5 rings (SSSR count). The first-order chi connectivity index (χ1) is 17.5. The predicted molar refractivity (Wildman–Crippen MR) is 139 cm³/mol. The lowest BCUT2D eigenvalue weighted by atomic mass is 10.1. The molecular formula is C28H34N4O4. The van der Waals surface area contributed by atoms with E-state index in [1.54, 1.807) is 6.20 Å². The summed E-state index contributed by atoms with van der Waals surface area (Å²) in [4.78, 5) is 30.8. The van der Waals surface area contributed by atoms with Gasteiger partial charge in [0, 0.05) is 24.0 Å². The number of methoxy groups -OCH3 is 1. The Bertz CT molecular complexity index is 1250. The van der Waals surface area contributed by atoms with E-state index in [4.69, 9.17) is 14.5 Å². The zero-order chi connectivity index (χ0) is 25.2. The highest BCUT2D eigenvalue weighted by Gasteiger charge is 2.30. The van der Waals surface area contributed by atoms with Crippen molar-refractivity contribution in [3.8, 4) is 0 Å². The van der Waals surface area contributed by atoms with Crippen LogP contribution >= 0.6 is 0 Å². The van der Waals surface area contributed by atoms with Crippen LogP contribution in [0.25, 0.3) is 11.0 Å². The van der Waals surface area contributed by atoms with Crippen molar-refractivity contribution in [1.82, 2.24) is 9.55 Å². The van der Waals surface area contributed by atoms with Gasteiger partial charge in [0.2, 0.25) is 5.91 Å². The second kappa shape index (κ2) is 10.3. The molecule has 0 spiro atoms. The number of anilines is 2. The van der Waals surface area contributed by atoms with Gasteiger partial charge in [-0.1, -0.05) is 38.1 Å². The van der Waals surface area contributed by atoms with E-state index < -0.39 is 5.97 Å². The third-order valence-corrected chi connectivity index (χ3v) is 7.42. The Morgan fingerprint density at radius 2 is 2.00 bits per heavy atom. The van der Waals surface area contributed by atoms with Crippen LogP contribution in [0.5, 0.6) is 0 Å². The van der Waals surface area contributed by atoms with Gasteiger partial charge in [0.15, 0.2) is 5.69 Å². The van der Waals surface area contributed by atoms with E-state index in [0.717, 1.165) is 31.4 Å². The fourth-order valence-corrected chi connectivity index (χ4v) is 5.24. The number of hydrogen-bond acceptors (Lipinski definition) is 6. The molecule has 0 saturated carbocycles. The average Bonchev–Trinajstić information content (AvgIpc) is 3.61. The number of carbonyl (C=O) groups excluding carboxylic acids is 2. The topological polar surface area (TPSA) is 94.5 Å². The number of nitrogens with one attached hydrogen (secondary N) is 2. The van der Waals surface area contributed by atoms with E-state index in [1.807, 2.05) is 24.5 Å². The van der Waals surface area contributed by atoms with Gasteiger partial charge in [0.05, 0.1) is 37.3 Å². The van der Waals surface area contributed by atoms with Crippen molar-refractivity contribution in [1.29, 1.82) is 0 Å². The first kappa shape index (κ1) is 24.3. The van der Waals surface area contributed by atoms with Crippen LogP contribution in [-0.4, -0.2) is 47.3 Å². The number of aromatic nitrogens is 2. The third kappa shape index (κ3) is 4.69. The average molecular weight is 491 g/mol. The minimum atomic E-state index is -0.508. The smallest absolute Gasteiger partial charge is 0.356 e. The molecule has 0 bridgehead atoms. The van der Waals surface area contributed by atoms with Crippen molar-refractivity contribution in [3.05, 3.63) is 53.3 Å². The van der Waals surface area contributed by atoms with E-state index in [9.17, 15) is 9.59 Å². The van der Waals surface area contributed by atoms with Crippen molar-refractivity contribution in [2.24, 2.45) is 5.92 Å². The first-order valence-electron chi connectivity index (χ1n) is 12.8. The van der Waals surface area contributed by atoms with Crippen LogP contribution in [0.2, 0.25) is 0 Å². The number of amides is 1. The summed E-state index contributed by atoms with van der Waals surface area (Å²) in [7, 11) is 1.36. The van der Waals surface area contributed by atoms with E-state index >= 15 is 0 Å². The third-order valence-electron chi connectivity index (χ3n) is 7.42. The summed E-state index contributed by atoms with van der Waals surface area (Å²) in [5, 5.41) is 7.36. The molecule has 0 radical (unpaired) electrons. The molecular weight excluding hydrogens is 456 g/mol. The maximum atomic E-state index is 13.0. The molecule has 1 amide bonds. The van der Waals surface area contributed by atoms with Crippen molar-refractivity contribution in [3.63, 3.8) is 0 Å². The molecule has 1 aliphatic heterocycles. The Kier molecular flexibility index (Phi) is 6.96. The Morgan fingerprint density at radius 1 is 1.25 bits per heavy atom. The highest BCUT2D eigenvalue weighted by Crippen LogP contribution is 2.35. The van der Waals surface area contributed by atoms with Gasteiger partial charge < -0.3 is 24.7 Å². The minimum absolute atomic E-state index is 0.0151. The summed E-state index contributed by atoms with van der Waals surface area (Å²) in [6.45, 7) is 5.02. The number of carbonyl (C=O) groups is 2. The number of hydrogen-bond donors (Lipinski definition) is 2. The molecule has 2 N–H and O–H groups in total. The Balaban J connectivity index is 1.54. The molecule has 3 heterocycles. The van der Waals surface area contributed by atoms with Gasteiger partial charge in [0.1, 0.15) is 5.65 Å². The van der Waals surface area contributed by atoms with Crippen molar-refractivity contribution >= 4 is 34.3 Å². The summed E-state index contributed by atoms with van der Waals surface area (Å²) < 4.78 is 12.9. The summed E-state index contributed by atoms with van der Waals surface area (Å²) in [6.07, 6.45) is 6.27. The molecule has 1 aromatic carbocycles. The fraction of sp³-hybridized carbons (Fsp3) is 0.464. The second-order valence-corrected chi connectivity index (χ2v) is 9.87. The van der Waals surface area contributed by atoms with Crippen LogP contribution in [0.3, 0.4) is 0 Å². The molecule has 1 saturated heterocycles. The van der Waals surface area contributed by atoms with E-state index in [2.05, 4.69) is 34.9 Å². The van der Waals surface area contributed by atoms with E-state index in [-0.39, 0.29) is 24.0 Å². The quantitative estimate of drug-likeness (QED) is 0.450. The maximum Gasteiger partial charge on any atom is 0.356 e. The molecule has 36 heavy (non-hydrogen) atoms. The maximum absolute atomic E-state index is 13.0. The van der Waals surface area contributed by atoms with Crippen LogP contribution in [0.15, 0.2) is 36.5 Å². The number of nitrogens with zero attached hydrogens (tertiary/aromatic N) is 2. The van der Waals surface area contributed by atoms with Crippen LogP contribution in [0.4, 0.5) is 11.4 Å². The van der Waals surface area contributed by atoms with Crippen LogP contribution in [-0.2, 0) is 33.7 Å². The highest BCUT2D eigenvalue weighted by atomic mass is 16.5. The number of benzene rings is 1. The molecule has 8 nitrogen and oxygen atoms in total. The van der Waals surface area contributed by atoms with Gasteiger partial charge in [-0.15, -0.1) is 0 Å². The van der Waals surface area contributed by atoms with Gasteiger partial charge in [-0.25, -0.2) is 9.78 Å². The van der Waals surface area contributed by atoms with Gasteiger partial charge in [-0.05, 0) is 49.3 Å². The minimum Gasteiger partial charge on any atom is -0.464 e. The molecule has 2 aromatic heterocycles. The molecule has 2 atom stereocenters. The van der Waals surface area contributed by atoms with E-state index in [1.165, 1.54) is 18.2 Å². The summed E-state index contributed by atoms with van der Waals surface area (Å²) in [6, 6.07) is 10.7. The van der Waals surface area contributed by atoms with Gasteiger partial charge in [-0.2, -0.15) is 0 Å². The van der Waals surface area contributed by atoms with Gasteiger partial charge in [-0.3, -0.25) is 4.79 Å². The number of rotatable bonds is 8. The Hall–Kier alpha value is -3.39. The standard InChI is InChI=1S/C28H34N4O4/c1-4-17(2)27(33)31-24-23-14-21(30-20-12-18-8-5-6-9-19(18)13-20)15-29-26(23)32(25(24)28(34)35-3)16-22-10-7-11-36-22/h5-6,8-9,14-15,17,20,22,30H,4,7,10-13,16H2,1-3H3,(H,31,33)/t17-,22-/m1/s1. The van der Waals surface area contributed by atoms with Gasteiger partial charge in [0.25, 0.3) is 0 Å². The Labute approximate surface area is 211 Å². The molecule has 8 heteroatoms. The number of ether oxygens (including phenoxy) is 2. The number of esters is 1. The van der Waals surface area contributed by atoms with Crippen LogP contribution < -0.4 is 10.6 Å². The van der Waals surface area contributed by atoms with Crippen LogP contribution in [0, 0.1) is 5.92 Å². The van der Waals surface area contributed by atoms with Gasteiger partial charge >= 0.3 is 5.97 Å². The molecule has 0 unspecified atom stereocenters. The summed E-state index contributed by atoms with van der Waals surface area (Å²) >= 11 is 0. The molecule has 190 valence electrons.